The molecule has 0 spiro atoms. The van der Waals surface area contributed by atoms with Crippen LogP contribution in [-0.4, -0.2) is 56.3 Å². The van der Waals surface area contributed by atoms with Crippen LogP contribution < -0.4 is 4.74 Å². The van der Waals surface area contributed by atoms with Crippen molar-refractivity contribution in [2.24, 2.45) is 0 Å². The molecule has 1 amide bonds. The highest BCUT2D eigenvalue weighted by Crippen LogP contribution is 2.29. The monoisotopic (exact) mass is 458 g/mol. The minimum Gasteiger partial charge on any atom is -0.433 e. The van der Waals surface area contributed by atoms with E-state index in [-0.39, 0.29) is 41.7 Å². The average molecular weight is 459 g/mol. The summed E-state index contributed by atoms with van der Waals surface area (Å²) in [5.41, 5.74) is 1.09. The van der Waals surface area contributed by atoms with E-state index in [0.29, 0.717) is 5.92 Å². The third-order valence-electron chi connectivity index (χ3n) is 5.26. The van der Waals surface area contributed by atoms with Crippen molar-refractivity contribution < 1.29 is 26.7 Å². The summed E-state index contributed by atoms with van der Waals surface area (Å²) in [5.74, 6) is -0.237. The number of nitrogens with zero attached hydrogens (tertiary/aromatic N) is 2. The lowest BCUT2D eigenvalue weighted by Crippen LogP contribution is -2.50. The van der Waals surface area contributed by atoms with Crippen LogP contribution in [0.5, 0.6) is 5.75 Å². The molecule has 1 saturated heterocycles. The van der Waals surface area contributed by atoms with Crippen LogP contribution in [-0.2, 0) is 10.0 Å². The number of hydrogen-bond acceptors (Lipinski definition) is 5. The second-order valence-electron chi connectivity index (χ2n) is 7.07. The maximum atomic E-state index is 12.9. The van der Waals surface area contributed by atoms with Crippen molar-refractivity contribution in [1.82, 2.24) is 9.21 Å². The number of ether oxygens (including phenoxy) is 1. The summed E-state index contributed by atoms with van der Waals surface area (Å²) in [4.78, 5) is 14.4. The molecule has 3 rings (SSSR count). The van der Waals surface area contributed by atoms with Crippen molar-refractivity contribution in [3.8, 4) is 5.75 Å². The van der Waals surface area contributed by atoms with Gasteiger partial charge in [-0.25, -0.2) is 8.42 Å². The van der Waals surface area contributed by atoms with Gasteiger partial charge in [-0.1, -0.05) is 26.0 Å². The largest absolute Gasteiger partial charge is 0.433 e. The van der Waals surface area contributed by atoms with Crippen LogP contribution in [0.4, 0.5) is 8.78 Å². The number of amides is 1. The number of piperazine rings is 1. The highest BCUT2D eigenvalue weighted by atomic mass is 32.2. The highest BCUT2D eigenvalue weighted by molar-refractivity contribution is 7.89. The molecule has 1 fully saturated rings. The zero-order valence-electron chi connectivity index (χ0n) is 16.8. The second-order valence-corrected chi connectivity index (χ2v) is 9.92. The van der Waals surface area contributed by atoms with Gasteiger partial charge < -0.3 is 9.64 Å². The quantitative estimate of drug-likeness (QED) is 0.629. The first-order chi connectivity index (χ1) is 14.2. The van der Waals surface area contributed by atoms with Gasteiger partial charge in [-0.15, -0.1) is 11.3 Å². The van der Waals surface area contributed by atoms with Crippen molar-refractivity contribution in [2.75, 3.05) is 26.2 Å². The van der Waals surface area contributed by atoms with E-state index in [4.69, 9.17) is 0 Å². The molecule has 1 aliphatic rings. The van der Waals surface area contributed by atoms with E-state index in [1.54, 1.807) is 12.1 Å². The van der Waals surface area contributed by atoms with Gasteiger partial charge in [-0.05, 0) is 41.5 Å². The fourth-order valence-corrected chi connectivity index (χ4v) is 5.48. The molecule has 6 nitrogen and oxygen atoms in total. The lowest BCUT2D eigenvalue weighted by Gasteiger charge is -2.34. The number of carbonyl (C=O) groups is 1. The molecule has 1 aromatic heterocycles. The maximum Gasteiger partial charge on any atom is 0.387 e. The number of halogens is 2. The normalized spacial score (nSPS) is 16.6. The fraction of sp³-hybridized carbons (Fsp3) is 0.450. The van der Waals surface area contributed by atoms with Crippen molar-refractivity contribution in [1.29, 1.82) is 0 Å². The molecule has 2 heterocycles. The number of benzene rings is 1. The van der Waals surface area contributed by atoms with E-state index in [2.05, 4.69) is 18.6 Å². The number of alkyl halides is 2. The minimum atomic E-state index is -3.66. The smallest absolute Gasteiger partial charge is 0.387 e. The van der Waals surface area contributed by atoms with Crippen LogP contribution in [0, 0.1) is 0 Å². The lowest BCUT2D eigenvalue weighted by atomic mass is 9.99. The molecule has 2 aromatic rings. The third kappa shape index (κ3) is 4.81. The molecule has 0 N–H and O–H groups in total. The van der Waals surface area contributed by atoms with Crippen LogP contribution in [0.2, 0.25) is 0 Å². The van der Waals surface area contributed by atoms with E-state index in [1.807, 2.05) is 12.1 Å². The Kier molecular flexibility index (Phi) is 7.10. The predicted molar refractivity (Wildman–Crippen MR) is 111 cm³/mol. The molecule has 1 unspecified atom stereocenters. The van der Waals surface area contributed by atoms with Gasteiger partial charge in [-0.3, -0.25) is 4.79 Å². The Labute approximate surface area is 179 Å². The Balaban J connectivity index is 1.66. The summed E-state index contributed by atoms with van der Waals surface area (Å²) in [7, 11) is -3.66. The van der Waals surface area contributed by atoms with Crippen LogP contribution in [0.15, 0.2) is 40.6 Å². The molecular weight excluding hydrogens is 434 g/mol. The Morgan fingerprint density at radius 3 is 2.33 bits per heavy atom. The summed E-state index contributed by atoms with van der Waals surface area (Å²) in [6.45, 7) is 1.78. The van der Waals surface area contributed by atoms with Gasteiger partial charge in [0.15, 0.2) is 0 Å². The van der Waals surface area contributed by atoms with E-state index in [1.165, 1.54) is 20.7 Å². The SMILES string of the molecule is CCC(C)c1ccc(S(=O)(=O)N2CCN(C(=O)c3sccc3OC(F)F)CC2)cc1. The first-order valence-corrected chi connectivity index (χ1v) is 12.0. The van der Waals surface area contributed by atoms with Gasteiger partial charge in [0.2, 0.25) is 10.0 Å². The Bertz CT molecular complexity index is 969. The van der Waals surface area contributed by atoms with Gasteiger partial charge in [0.25, 0.3) is 5.91 Å². The molecule has 30 heavy (non-hydrogen) atoms. The molecular formula is C20H24F2N2O4S2. The first kappa shape index (κ1) is 22.6. The van der Waals surface area contributed by atoms with Crippen molar-refractivity contribution in [3.63, 3.8) is 0 Å². The third-order valence-corrected chi connectivity index (χ3v) is 8.06. The van der Waals surface area contributed by atoms with Crippen LogP contribution >= 0.6 is 11.3 Å². The summed E-state index contributed by atoms with van der Waals surface area (Å²) in [5, 5.41) is 1.51. The Hall–Kier alpha value is -2.04. The summed E-state index contributed by atoms with van der Waals surface area (Å²) >= 11 is 1.02. The van der Waals surface area contributed by atoms with E-state index in [9.17, 15) is 22.0 Å². The molecule has 0 aliphatic carbocycles. The molecule has 0 bridgehead atoms. The molecule has 0 radical (unpaired) electrons. The number of carbonyl (C=O) groups excluding carboxylic acids is 1. The highest BCUT2D eigenvalue weighted by Gasteiger charge is 2.32. The number of rotatable bonds is 7. The van der Waals surface area contributed by atoms with Crippen molar-refractivity contribution >= 4 is 27.3 Å². The van der Waals surface area contributed by atoms with E-state index in [0.717, 1.165) is 23.3 Å². The molecule has 10 heteroatoms. The Morgan fingerprint density at radius 1 is 1.13 bits per heavy atom. The van der Waals surface area contributed by atoms with Gasteiger partial charge in [0.05, 0.1) is 4.90 Å². The molecule has 1 aromatic carbocycles. The Morgan fingerprint density at radius 2 is 1.77 bits per heavy atom. The van der Waals surface area contributed by atoms with Crippen LogP contribution in [0.1, 0.15) is 41.4 Å². The number of sulfonamides is 1. The van der Waals surface area contributed by atoms with Crippen LogP contribution in [0.25, 0.3) is 0 Å². The van der Waals surface area contributed by atoms with Crippen LogP contribution in [0.3, 0.4) is 0 Å². The summed E-state index contributed by atoms with van der Waals surface area (Å²) in [6.07, 6.45) is 0.969. The zero-order chi connectivity index (χ0) is 21.9. The second kappa shape index (κ2) is 9.40. The van der Waals surface area contributed by atoms with Crippen molar-refractivity contribution in [2.45, 2.75) is 37.7 Å². The molecule has 164 valence electrons. The zero-order valence-corrected chi connectivity index (χ0v) is 18.4. The van der Waals surface area contributed by atoms with Gasteiger partial charge in [0, 0.05) is 26.2 Å². The van der Waals surface area contributed by atoms with Gasteiger partial charge in [-0.2, -0.15) is 13.1 Å². The predicted octanol–water partition coefficient (Wildman–Crippen LogP) is 4.01. The first-order valence-electron chi connectivity index (χ1n) is 9.65. The standard InChI is InChI=1S/C20H24F2N2O4S2/c1-3-14(2)15-4-6-16(7-5-15)30(26,27)24-11-9-23(10-12-24)19(25)18-17(8-13-29-18)28-20(21)22/h4-8,13-14,20H,3,9-12H2,1-2H3. The maximum absolute atomic E-state index is 12.9. The molecule has 0 saturated carbocycles. The topological polar surface area (TPSA) is 66.9 Å². The van der Waals surface area contributed by atoms with E-state index >= 15 is 0 Å². The summed E-state index contributed by atoms with van der Waals surface area (Å²) < 4.78 is 56.6. The van der Waals surface area contributed by atoms with Gasteiger partial charge in [0.1, 0.15) is 10.6 Å². The lowest BCUT2D eigenvalue weighted by molar-refractivity contribution is -0.0499. The molecule has 1 aliphatic heterocycles. The summed E-state index contributed by atoms with van der Waals surface area (Å²) in [6, 6.07) is 8.24. The van der Waals surface area contributed by atoms with E-state index < -0.39 is 22.5 Å². The average Bonchev–Trinajstić information content (AvgIpc) is 3.20. The molecule has 1 atom stereocenters. The number of hydrogen-bond donors (Lipinski definition) is 0. The minimum absolute atomic E-state index is 0.0900. The van der Waals surface area contributed by atoms with Crippen molar-refractivity contribution in [3.05, 3.63) is 46.2 Å². The van der Waals surface area contributed by atoms with Gasteiger partial charge >= 0.3 is 6.61 Å². The fourth-order valence-electron chi connectivity index (χ4n) is 3.27. The number of thiophene rings is 1.